The monoisotopic (exact) mass is 603 g/mol. The van der Waals surface area contributed by atoms with Crippen molar-refractivity contribution >= 4 is 27.8 Å². The fourth-order valence-electron chi connectivity index (χ4n) is 6.23. The fourth-order valence-corrected chi connectivity index (χ4v) is 6.23. The van der Waals surface area contributed by atoms with Crippen molar-refractivity contribution in [2.75, 3.05) is 4.90 Å². The van der Waals surface area contributed by atoms with Crippen molar-refractivity contribution in [2.45, 2.75) is 0 Å². The Morgan fingerprint density at radius 1 is 0.340 bits per heavy atom. The second-order valence-electron chi connectivity index (χ2n) is 11.5. The zero-order valence-electron chi connectivity index (χ0n) is 29.7. The Kier molecular flexibility index (Phi) is 6.50. The molecule has 0 aliphatic carbocycles. The van der Waals surface area contributed by atoms with Crippen molar-refractivity contribution in [3.8, 4) is 44.5 Å². The molecule has 0 spiro atoms. The summed E-state index contributed by atoms with van der Waals surface area (Å²) in [6.45, 7) is 0. The van der Waals surface area contributed by atoms with Crippen LogP contribution in [-0.2, 0) is 0 Å². The van der Waals surface area contributed by atoms with Gasteiger partial charge < -0.3 is 4.90 Å². The molecule has 0 heterocycles. The molecule has 0 aromatic heterocycles. The molecule has 0 aliphatic rings. The van der Waals surface area contributed by atoms with E-state index in [1.54, 1.807) is 0 Å². The van der Waals surface area contributed by atoms with E-state index in [2.05, 4.69) is 78.9 Å². The Hall–Kier alpha value is -6.18. The minimum absolute atomic E-state index is 0.0822. The number of rotatable bonds is 7. The van der Waals surface area contributed by atoms with Crippen LogP contribution in [0.3, 0.4) is 0 Å². The summed E-state index contributed by atoms with van der Waals surface area (Å²) in [5.74, 6) is 0. The van der Waals surface area contributed by atoms with Crippen LogP contribution in [0.1, 0.15) is 5.48 Å². The molecule has 8 aromatic carbocycles. The van der Waals surface area contributed by atoms with Crippen LogP contribution < -0.4 is 4.90 Å². The van der Waals surface area contributed by atoms with Crippen LogP contribution in [0.25, 0.3) is 55.3 Å². The molecule has 0 saturated heterocycles. The van der Waals surface area contributed by atoms with Crippen LogP contribution in [0.4, 0.5) is 17.1 Å². The highest BCUT2D eigenvalue weighted by atomic mass is 15.1. The summed E-state index contributed by atoms with van der Waals surface area (Å²) in [6.07, 6.45) is 0. The molecule has 8 rings (SSSR count). The highest BCUT2D eigenvalue weighted by molar-refractivity contribution is 5.97. The predicted molar refractivity (Wildman–Crippen MR) is 200 cm³/mol. The van der Waals surface area contributed by atoms with Gasteiger partial charge in [0, 0.05) is 16.9 Å². The Bertz CT molecular complexity index is 2480. The number of hydrogen-bond acceptors (Lipinski definition) is 1. The first-order valence-corrected chi connectivity index (χ1v) is 15.8. The van der Waals surface area contributed by atoms with Gasteiger partial charge in [0.25, 0.3) is 0 Å². The molecule has 0 amide bonds. The molecule has 47 heavy (non-hydrogen) atoms. The van der Waals surface area contributed by atoms with Gasteiger partial charge in [0.05, 0.1) is 11.2 Å². The largest absolute Gasteiger partial charge is 0.310 e. The molecule has 0 atom stereocenters. The SMILES string of the molecule is [2H]c1c([2H])c(N(c2ccc(-c3cccc(-c4cccc5ccccc45)c3)cc2)c2ccccc2-c2ccccc2)c([2H])c([2H])c1-c1ccccc1. The van der Waals surface area contributed by atoms with Gasteiger partial charge in [-0.3, -0.25) is 0 Å². The molecule has 0 bridgehead atoms. The number of para-hydroxylation sites is 1. The summed E-state index contributed by atoms with van der Waals surface area (Å²) in [7, 11) is 0. The standard InChI is InChI=1S/C46H33N/c1-3-13-34(14-4-1)35-25-29-41(30-26-35)47(46-24-10-9-22-45(46)38-15-5-2-6-16-38)42-31-27-36(28-32-42)39-19-11-20-40(33-39)44-23-12-18-37-17-7-8-21-43(37)44/h1-33H/i25D,26D,29D,30D. The number of benzene rings is 8. The maximum Gasteiger partial charge on any atom is 0.0645 e. The van der Waals surface area contributed by atoms with Crippen molar-refractivity contribution in [2.24, 2.45) is 0 Å². The quantitative estimate of drug-likeness (QED) is 0.175. The summed E-state index contributed by atoms with van der Waals surface area (Å²) in [4.78, 5) is 1.87. The fraction of sp³-hybridized carbons (Fsp3) is 0. The Balaban J connectivity index is 1.28. The number of anilines is 3. The van der Waals surface area contributed by atoms with E-state index in [1.165, 1.54) is 16.3 Å². The van der Waals surface area contributed by atoms with Gasteiger partial charge in [-0.1, -0.05) is 164 Å². The van der Waals surface area contributed by atoms with Crippen LogP contribution >= 0.6 is 0 Å². The van der Waals surface area contributed by atoms with E-state index in [4.69, 9.17) is 2.74 Å². The van der Waals surface area contributed by atoms with Gasteiger partial charge in [0.2, 0.25) is 0 Å². The van der Waals surface area contributed by atoms with Gasteiger partial charge >= 0.3 is 0 Å². The number of hydrogen-bond donors (Lipinski definition) is 0. The lowest BCUT2D eigenvalue weighted by Crippen LogP contribution is -2.11. The van der Waals surface area contributed by atoms with Crippen molar-refractivity contribution < 1.29 is 5.48 Å². The molecular formula is C46H33N. The van der Waals surface area contributed by atoms with Crippen LogP contribution in [0, 0.1) is 0 Å². The summed E-state index contributed by atoms with van der Waals surface area (Å²) in [6, 6.07) is 58.3. The third-order valence-corrected chi connectivity index (χ3v) is 8.55. The first-order chi connectivity index (χ1) is 25.0. The van der Waals surface area contributed by atoms with Gasteiger partial charge in [-0.05, 0) is 86.1 Å². The summed E-state index contributed by atoms with van der Waals surface area (Å²) in [5, 5.41) is 2.41. The molecule has 0 N–H and O–H groups in total. The zero-order valence-corrected chi connectivity index (χ0v) is 25.7. The molecule has 8 aromatic rings. The second kappa shape index (κ2) is 12.7. The average molecular weight is 604 g/mol. The molecule has 0 fully saturated rings. The molecule has 1 heteroatoms. The third kappa shape index (κ3) is 5.72. The Morgan fingerprint density at radius 2 is 0.894 bits per heavy atom. The summed E-state index contributed by atoms with van der Waals surface area (Å²) >= 11 is 0. The molecule has 0 aliphatic heterocycles. The van der Waals surface area contributed by atoms with Crippen molar-refractivity contribution in [1.82, 2.24) is 0 Å². The lowest BCUT2D eigenvalue weighted by atomic mass is 9.95. The maximum absolute atomic E-state index is 9.33. The minimum Gasteiger partial charge on any atom is -0.310 e. The topological polar surface area (TPSA) is 3.24 Å². The molecule has 0 radical (unpaired) electrons. The first kappa shape index (κ1) is 24.1. The maximum atomic E-state index is 9.33. The van der Waals surface area contributed by atoms with E-state index in [0.717, 1.165) is 39.2 Å². The Labute approximate surface area is 282 Å². The lowest BCUT2D eigenvalue weighted by molar-refractivity contribution is 1.28. The number of nitrogens with zero attached hydrogens (tertiary/aromatic N) is 1. The van der Waals surface area contributed by atoms with E-state index >= 15 is 0 Å². The van der Waals surface area contributed by atoms with E-state index in [-0.39, 0.29) is 35.4 Å². The van der Waals surface area contributed by atoms with E-state index in [9.17, 15) is 2.74 Å². The molecule has 0 unspecified atom stereocenters. The first-order valence-electron chi connectivity index (χ1n) is 17.8. The van der Waals surface area contributed by atoms with Gasteiger partial charge in [0.1, 0.15) is 0 Å². The van der Waals surface area contributed by atoms with E-state index in [0.29, 0.717) is 5.56 Å². The molecule has 0 saturated carbocycles. The van der Waals surface area contributed by atoms with Crippen LogP contribution in [0.2, 0.25) is 0 Å². The van der Waals surface area contributed by atoms with Crippen LogP contribution in [0.15, 0.2) is 200 Å². The van der Waals surface area contributed by atoms with Crippen molar-refractivity contribution in [3.63, 3.8) is 0 Å². The van der Waals surface area contributed by atoms with Crippen LogP contribution in [0.5, 0.6) is 0 Å². The molecular weight excluding hydrogens is 567 g/mol. The highest BCUT2D eigenvalue weighted by Crippen LogP contribution is 2.42. The van der Waals surface area contributed by atoms with Gasteiger partial charge in [0.15, 0.2) is 0 Å². The second-order valence-corrected chi connectivity index (χ2v) is 11.5. The van der Waals surface area contributed by atoms with Gasteiger partial charge in [-0.15, -0.1) is 0 Å². The minimum atomic E-state index is -0.107. The molecule has 1 nitrogen and oxygen atoms in total. The third-order valence-electron chi connectivity index (χ3n) is 8.55. The lowest BCUT2D eigenvalue weighted by Gasteiger charge is -2.28. The van der Waals surface area contributed by atoms with Gasteiger partial charge in [-0.25, -0.2) is 0 Å². The number of fused-ring (bicyclic) bond motifs is 1. The Morgan fingerprint density at radius 3 is 1.68 bits per heavy atom. The molecule has 222 valence electrons. The highest BCUT2D eigenvalue weighted by Gasteiger charge is 2.17. The summed E-state index contributed by atoms with van der Waals surface area (Å²) in [5.41, 5.74) is 8.90. The van der Waals surface area contributed by atoms with Crippen LogP contribution in [-0.4, -0.2) is 0 Å². The van der Waals surface area contributed by atoms with Crippen molar-refractivity contribution in [1.29, 1.82) is 0 Å². The zero-order chi connectivity index (χ0) is 34.9. The predicted octanol–water partition coefficient (Wildman–Crippen LogP) is 13.0. The van der Waals surface area contributed by atoms with E-state index in [1.807, 2.05) is 102 Å². The summed E-state index contributed by atoms with van der Waals surface area (Å²) < 4.78 is 36.9. The smallest absolute Gasteiger partial charge is 0.0645 e. The average Bonchev–Trinajstić information content (AvgIpc) is 3.19. The normalized spacial score (nSPS) is 12.2. The van der Waals surface area contributed by atoms with E-state index < -0.39 is 0 Å². The van der Waals surface area contributed by atoms with Gasteiger partial charge in [-0.2, -0.15) is 0 Å². The van der Waals surface area contributed by atoms with Crippen molar-refractivity contribution in [3.05, 3.63) is 200 Å².